The molecule has 1 aliphatic rings. The maximum absolute atomic E-state index is 12.5. The lowest BCUT2D eigenvalue weighted by Gasteiger charge is -2.31. The minimum Gasteiger partial charge on any atom is -0.298 e. The third-order valence-corrected chi connectivity index (χ3v) is 3.88. The molecule has 6 heteroatoms. The van der Waals surface area contributed by atoms with Crippen molar-refractivity contribution in [3.63, 3.8) is 0 Å². The standard InChI is InChI=1S/C15H15NO5/c1-15(2)8-7-11(17)12(14(15)19)13(18)9-5-3-4-6-10(9)16(20)21/h3-6,12H,7-8H2,1-2H3. The molecule has 2 rings (SSSR count). The Morgan fingerprint density at radius 1 is 1.29 bits per heavy atom. The number of hydrogen-bond donors (Lipinski definition) is 0. The summed E-state index contributed by atoms with van der Waals surface area (Å²) in [7, 11) is 0. The molecular formula is C15H15NO5. The maximum Gasteiger partial charge on any atom is 0.280 e. The summed E-state index contributed by atoms with van der Waals surface area (Å²) in [6.45, 7) is 3.36. The van der Waals surface area contributed by atoms with Crippen molar-refractivity contribution in [3.8, 4) is 0 Å². The van der Waals surface area contributed by atoms with Gasteiger partial charge < -0.3 is 0 Å². The van der Waals surface area contributed by atoms with Crippen molar-refractivity contribution in [2.24, 2.45) is 11.3 Å². The van der Waals surface area contributed by atoms with Gasteiger partial charge in [0.2, 0.25) is 0 Å². The molecule has 1 aliphatic carbocycles. The van der Waals surface area contributed by atoms with Gasteiger partial charge in [-0.3, -0.25) is 24.5 Å². The van der Waals surface area contributed by atoms with Crippen LogP contribution in [0.25, 0.3) is 0 Å². The Labute approximate surface area is 121 Å². The third-order valence-electron chi connectivity index (χ3n) is 3.88. The summed E-state index contributed by atoms with van der Waals surface area (Å²) in [6, 6.07) is 5.38. The van der Waals surface area contributed by atoms with Crippen LogP contribution in [0.5, 0.6) is 0 Å². The molecule has 0 aromatic heterocycles. The van der Waals surface area contributed by atoms with Crippen LogP contribution in [0.2, 0.25) is 0 Å². The normalized spacial score (nSPS) is 21.1. The van der Waals surface area contributed by atoms with Gasteiger partial charge in [-0.25, -0.2) is 0 Å². The molecule has 0 saturated heterocycles. The van der Waals surface area contributed by atoms with Crippen molar-refractivity contribution in [2.75, 3.05) is 0 Å². The van der Waals surface area contributed by atoms with Crippen LogP contribution >= 0.6 is 0 Å². The fourth-order valence-electron chi connectivity index (χ4n) is 2.50. The second kappa shape index (κ2) is 5.20. The zero-order chi connectivity index (χ0) is 15.8. The molecule has 0 radical (unpaired) electrons. The molecule has 6 nitrogen and oxygen atoms in total. The molecule has 21 heavy (non-hydrogen) atoms. The van der Waals surface area contributed by atoms with Crippen LogP contribution in [0.4, 0.5) is 5.69 Å². The Bertz CT molecular complexity index is 647. The average molecular weight is 289 g/mol. The molecule has 0 N–H and O–H groups in total. The first-order chi connectivity index (χ1) is 9.75. The summed E-state index contributed by atoms with van der Waals surface area (Å²) in [5.74, 6) is -3.11. The van der Waals surface area contributed by atoms with Gasteiger partial charge in [0.15, 0.2) is 17.3 Å². The molecule has 0 spiro atoms. The van der Waals surface area contributed by atoms with Crippen molar-refractivity contribution < 1.29 is 19.3 Å². The lowest BCUT2D eigenvalue weighted by Crippen LogP contribution is -2.44. The molecule has 1 fully saturated rings. The summed E-state index contributed by atoms with van der Waals surface area (Å²) in [4.78, 5) is 47.1. The molecule has 1 unspecified atom stereocenters. The fourth-order valence-corrected chi connectivity index (χ4v) is 2.50. The van der Waals surface area contributed by atoms with E-state index in [9.17, 15) is 24.5 Å². The zero-order valence-corrected chi connectivity index (χ0v) is 11.8. The second-order valence-electron chi connectivity index (χ2n) is 5.79. The van der Waals surface area contributed by atoms with E-state index in [-0.39, 0.29) is 17.7 Å². The minimum atomic E-state index is -1.42. The Kier molecular flexibility index (Phi) is 3.72. The first-order valence-corrected chi connectivity index (χ1v) is 6.60. The highest BCUT2D eigenvalue weighted by molar-refractivity contribution is 6.27. The number of Topliss-reactive ketones (excluding diaryl/α,β-unsaturated/α-hetero) is 3. The van der Waals surface area contributed by atoms with Crippen molar-refractivity contribution in [2.45, 2.75) is 26.7 Å². The summed E-state index contributed by atoms with van der Waals surface area (Å²) >= 11 is 0. The monoisotopic (exact) mass is 289 g/mol. The number of rotatable bonds is 3. The highest BCUT2D eigenvalue weighted by Gasteiger charge is 2.47. The molecular weight excluding hydrogens is 274 g/mol. The fraction of sp³-hybridized carbons (Fsp3) is 0.400. The summed E-state index contributed by atoms with van der Waals surface area (Å²) < 4.78 is 0. The largest absolute Gasteiger partial charge is 0.298 e. The van der Waals surface area contributed by atoms with Gasteiger partial charge in [-0.2, -0.15) is 0 Å². The van der Waals surface area contributed by atoms with Gasteiger partial charge in [0, 0.05) is 17.9 Å². The van der Waals surface area contributed by atoms with E-state index in [0.29, 0.717) is 6.42 Å². The van der Waals surface area contributed by atoms with E-state index in [1.807, 2.05) is 0 Å². The quantitative estimate of drug-likeness (QED) is 0.368. The molecule has 110 valence electrons. The van der Waals surface area contributed by atoms with E-state index in [1.165, 1.54) is 24.3 Å². The van der Waals surface area contributed by atoms with Gasteiger partial charge in [-0.05, 0) is 12.5 Å². The van der Waals surface area contributed by atoms with E-state index in [1.54, 1.807) is 13.8 Å². The van der Waals surface area contributed by atoms with Gasteiger partial charge in [0.1, 0.15) is 5.92 Å². The molecule has 0 aliphatic heterocycles. The highest BCUT2D eigenvalue weighted by atomic mass is 16.6. The number of carbonyl (C=O) groups excluding carboxylic acids is 3. The van der Waals surface area contributed by atoms with Crippen molar-refractivity contribution in [1.29, 1.82) is 0 Å². The number of hydrogen-bond acceptors (Lipinski definition) is 5. The summed E-state index contributed by atoms with van der Waals surface area (Å²) in [6.07, 6.45) is 0.529. The lowest BCUT2D eigenvalue weighted by atomic mass is 9.68. The number of nitrogens with zero attached hydrogens (tertiary/aromatic N) is 1. The molecule has 1 saturated carbocycles. The summed E-state index contributed by atoms with van der Waals surface area (Å²) in [5, 5.41) is 11.0. The molecule has 1 aromatic rings. The van der Waals surface area contributed by atoms with Gasteiger partial charge in [-0.15, -0.1) is 0 Å². The van der Waals surface area contributed by atoms with E-state index < -0.39 is 33.6 Å². The van der Waals surface area contributed by atoms with Crippen LogP contribution in [0.3, 0.4) is 0 Å². The number of benzene rings is 1. The van der Waals surface area contributed by atoms with Gasteiger partial charge in [0.25, 0.3) is 5.69 Å². The Morgan fingerprint density at radius 3 is 2.52 bits per heavy atom. The third kappa shape index (κ3) is 2.61. The van der Waals surface area contributed by atoms with Crippen molar-refractivity contribution >= 4 is 23.0 Å². The topological polar surface area (TPSA) is 94.3 Å². The first kappa shape index (κ1) is 15.0. The molecule has 1 atom stereocenters. The van der Waals surface area contributed by atoms with E-state index >= 15 is 0 Å². The van der Waals surface area contributed by atoms with Gasteiger partial charge in [0.05, 0.1) is 10.5 Å². The Morgan fingerprint density at radius 2 is 1.90 bits per heavy atom. The smallest absolute Gasteiger partial charge is 0.280 e. The molecule has 0 amide bonds. The van der Waals surface area contributed by atoms with Crippen molar-refractivity contribution in [3.05, 3.63) is 39.9 Å². The number of para-hydroxylation sites is 1. The SMILES string of the molecule is CC1(C)CCC(=O)C(C(=O)c2ccccc2[N+](=O)[O-])C1=O. The zero-order valence-electron chi connectivity index (χ0n) is 11.8. The van der Waals surface area contributed by atoms with E-state index in [4.69, 9.17) is 0 Å². The van der Waals surface area contributed by atoms with Crippen LogP contribution in [0.1, 0.15) is 37.0 Å². The van der Waals surface area contributed by atoms with Crippen LogP contribution in [-0.4, -0.2) is 22.3 Å². The molecule has 0 heterocycles. The summed E-state index contributed by atoms with van der Waals surface area (Å²) in [5.41, 5.74) is -1.34. The first-order valence-electron chi connectivity index (χ1n) is 6.60. The molecule has 0 bridgehead atoms. The number of carbonyl (C=O) groups is 3. The lowest BCUT2D eigenvalue weighted by molar-refractivity contribution is -0.385. The van der Waals surface area contributed by atoms with Crippen LogP contribution in [0.15, 0.2) is 24.3 Å². The Hall–Kier alpha value is -2.37. The van der Waals surface area contributed by atoms with Gasteiger partial charge >= 0.3 is 0 Å². The predicted molar refractivity (Wildman–Crippen MR) is 73.9 cm³/mol. The number of nitro groups is 1. The average Bonchev–Trinajstić information content (AvgIpc) is 2.43. The van der Waals surface area contributed by atoms with E-state index in [0.717, 1.165) is 0 Å². The van der Waals surface area contributed by atoms with Crippen molar-refractivity contribution in [1.82, 2.24) is 0 Å². The number of nitro benzene ring substituents is 1. The van der Waals surface area contributed by atoms with Gasteiger partial charge in [-0.1, -0.05) is 26.0 Å². The van der Waals surface area contributed by atoms with E-state index in [2.05, 4.69) is 0 Å². The van der Waals surface area contributed by atoms with Crippen LogP contribution in [-0.2, 0) is 9.59 Å². The highest BCUT2D eigenvalue weighted by Crippen LogP contribution is 2.36. The Balaban J connectivity index is 2.46. The second-order valence-corrected chi connectivity index (χ2v) is 5.79. The number of ketones is 3. The minimum absolute atomic E-state index is 0.135. The molecule has 1 aromatic carbocycles. The van der Waals surface area contributed by atoms with Crippen LogP contribution in [0, 0.1) is 21.4 Å². The van der Waals surface area contributed by atoms with Crippen LogP contribution < -0.4 is 0 Å². The predicted octanol–water partition coefficient (Wildman–Crippen LogP) is 2.35. The maximum atomic E-state index is 12.5.